The summed E-state index contributed by atoms with van der Waals surface area (Å²) < 4.78 is 2.45. The average molecular weight is 255 g/mol. The highest BCUT2D eigenvalue weighted by Gasteiger charge is 2.27. The van der Waals surface area contributed by atoms with Crippen LogP contribution in [0.15, 0.2) is 18.2 Å². The molecule has 1 unspecified atom stereocenters. The van der Waals surface area contributed by atoms with Gasteiger partial charge in [0.2, 0.25) is 0 Å². The second-order valence-corrected chi connectivity index (χ2v) is 6.06. The van der Waals surface area contributed by atoms with Crippen LogP contribution in [0.1, 0.15) is 30.7 Å². The largest absolute Gasteiger partial charge is 0.327 e. The molecule has 0 aliphatic carbocycles. The molecule has 19 heavy (non-hydrogen) atoms. The van der Waals surface area contributed by atoms with Gasteiger partial charge in [-0.3, -0.25) is 4.90 Å². The lowest BCUT2D eigenvalue weighted by Crippen LogP contribution is -2.40. The van der Waals surface area contributed by atoms with Gasteiger partial charge in [-0.1, -0.05) is 12.5 Å². The molecule has 0 amide bonds. The zero-order valence-corrected chi connectivity index (χ0v) is 11.6. The first kappa shape index (κ1) is 11.5. The standard InChI is InChI=1S/C16H21N3/c1-12-5-6-15-14(10-12)17-16-11-13-4-2-3-7-18(13)8-9-19(15)16/h5-6,10,13H,2-4,7-9,11H2,1H3. The molecule has 2 aliphatic heterocycles. The zero-order chi connectivity index (χ0) is 12.8. The van der Waals surface area contributed by atoms with Gasteiger partial charge in [0.25, 0.3) is 0 Å². The summed E-state index contributed by atoms with van der Waals surface area (Å²) in [6.45, 7) is 5.72. The lowest BCUT2D eigenvalue weighted by Gasteiger charge is -2.33. The van der Waals surface area contributed by atoms with Crippen LogP contribution >= 0.6 is 0 Å². The van der Waals surface area contributed by atoms with E-state index in [4.69, 9.17) is 4.98 Å². The molecule has 2 aromatic rings. The molecule has 1 saturated heterocycles. The quantitative estimate of drug-likeness (QED) is 0.722. The molecule has 4 rings (SSSR count). The second kappa shape index (κ2) is 4.34. The predicted molar refractivity (Wildman–Crippen MR) is 77.4 cm³/mol. The van der Waals surface area contributed by atoms with Crippen LogP contribution in [-0.4, -0.2) is 33.6 Å². The highest BCUT2D eigenvalue weighted by molar-refractivity contribution is 5.77. The zero-order valence-electron chi connectivity index (χ0n) is 11.6. The summed E-state index contributed by atoms with van der Waals surface area (Å²) in [4.78, 5) is 7.58. The van der Waals surface area contributed by atoms with Gasteiger partial charge in [-0.15, -0.1) is 0 Å². The number of piperidine rings is 1. The Kier molecular flexibility index (Phi) is 2.62. The number of benzene rings is 1. The van der Waals surface area contributed by atoms with Crippen molar-refractivity contribution in [3.63, 3.8) is 0 Å². The summed E-state index contributed by atoms with van der Waals surface area (Å²) in [5.74, 6) is 1.30. The molecule has 3 heteroatoms. The number of rotatable bonds is 0. The fourth-order valence-electron chi connectivity index (χ4n) is 3.72. The Bertz CT molecular complexity index is 614. The van der Waals surface area contributed by atoms with Gasteiger partial charge in [0.1, 0.15) is 5.82 Å². The van der Waals surface area contributed by atoms with E-state index in [0.29, 0.717) is 0 Å². The summed E-state index contributed by atoms with van der Waals surface area (Å²) in [7, 11) is 0. The highest BCUT2D eigenvalue weighted by atomic mass is 15.2. The van der Waals surface area contributed by atoms with Crippen LogP contribution in [0.3, 0.4) is 0 Å². The van der Waals surface area contributed by atoms with E-state index in [1.54, 1.807) is 0 Å². The molecule has 1 aromatic carbocycles. The summed E-state index contributed by atoms with van der Waals surface area (Å²) in [6, 6.07) is 7.39. The van der Waals surface area contributed by atoms with E-state index in [2.05, 4.69) is 34.6 Å². The van der Waals surface area contributed by atoms with Crippen molar-refractivity contribution in [1.29, 1.82) is 0 Å². The van der Waals surface area contributed by atoms with Crippen LogP contribution < -0.4 is 0 Å². The maximum atomic E-state index is 4.90. The van der Waals surface area contributed by atoms with Gasteiger partial charge in [-0.25, -0.2) is 4.98 Å². The number of hydrogen-bond acceptors (Lipinski definition) is 2. The van der Waals surface area contributed by atoms with Crippen molar-refractivity contribution in [3.8, 4) is 0 Å². The normalized spacial score (nSPS) is 23.9. The first-order chi connectivity index (χ1) is 9.31. The van der Waals surface area contributed by atoms with Gasteiger partial charge in [-0.2, -0.15) is 0 Å². The summed E-state index contributed by atoms with van der Waals surface area (Å²) >= 11 is 0. The highest BCUT2D eigenvalue weighted by Crippen LogP contribution is 2.26. The van der Waals surface area contributed by atoms with E-state index in [1.165, 1.54) is 54.8 Å². The molecule has 3 heterocycles. The molecule has 1 aromatic heterocycles. The monoisotopic (exact) mass is 255 g/mol. The Hall–Kier alpha value is -1.35. The topological polar surface area (TPSA) is 21.1 Å². The SMILES string of the molecule is Cc1ccc2c(c1)nc1n2CCN2CCCCC2C1. The van der Waals surface area contributed by atoms with Crippen LogP contribution in [0, 0.1) is 6.92 Å². The molecule has 0 spiro atoms. The number of nitrogens with zero attached hydrogens (tertiary/aromatic N) is 3. The van der Waals surface area contributed by atoms with E-state index in [-0.39, 0.29) is 0 Å². The van der Waals surface area contributed by atoms with Gasteiger partial charge < -0.3 is 4.57 Å². The minimum atomic E-state index is 0.730. The van der Waals surface area contributed by atoms with E-state index in [1.807, 2.05) is 0 Å². The Balaban J connectivity index is 1.78. The van der Waals surface area contributed by atoms with Crippen LogP contribution in [0.2, 0.25) is 0 Å². The predicted octanol–water partition coefficient (Wildman–Crippen LogP) is 2.76. The third-order valence-electron chi connectivity index (χ3n) is 4.76. The van der Waals surface area contributed by atoms with Gasteiger partial charge in [0.15, 0.2) is 0 Å². The number of imidazole rings is 1. The van der Waals surface area contributed by atoms with E-state index in [9.17, 15) is 0 Å². The van der Waals surface area contributed by atoms with Gasteiger partial charge >= 0.3 is 0 Å². The third-order valence-corrected chi connectivity index (χ3v) is 4.76. The molecular formula is C16H21N3. The van der Waals surface area contributed by atoms with Crippen molar-refractivity contribution < 1.29 is 0 Å². The van der Waals surface area contributed by atoms with Crippen molar-refractivity contribution >= 4 is 11.0 Å². The molecular weight excluding hydrogens is 234 g/mol. The Morgan fingerprint density at radius 2 is 2.11 bits per heavy atom. The number of fused-ring (bicyclic) bond motifs is 4. The van der Waals surface area contributed by atoms with Crippen molar-refractivity contribution in [1.82, 2.24) is 14.5 Å². The molecule has 2 aliphatic rings. The molecule has 3 nitrogen and oxygen atoms in total. The molecule has 0 bridgehead atoms. The van der Waals surface area contributed by atoms with E-state index < -0.39 is 0 Å². The summed E-state index contributed by atoms with van der Waals surface area (Å²) in [5.41, 5.74) is 3.81. The fourth-order valence-corrected chi connectivity index (χ4v) is 3.72. The molecule has 0 saturated carbocycles. The lowest BCUT2D eigenvalue weighted by molar-refractivity contribution is 0.152. The maximum absolute atomic E-state index is 4.90. The molecule has 0 N–H and O–H groups in total. The Morgan fingerprint density at radius 1 is 1.16 bits per heavy atom. The molecule has 1 atom stereocenters. The minimum Gasteiger partial charge on any atom is -0.327 e. The lowest BCUT2D eigenvalue weighted by atomic mass is 10.00. The minimum absolute atomic E-state index is 0.730. The number of hydrogen-bond donors (Lipinski definition) is 0. The Morgan fingerprint density at radius 3 is 3.05 bits per heavy atom. The summed E-state index contributed by atoms with van der Waals surface area (Å²) in [6.07, 6.45) is 5.25. The number of aromatic nitrogens is 2. The summed E-state index contributed by atoms with van der Waals surface area (Å²) in [5, 5.41) is 0. The van der Waals surface area contributed by atoms with Crippen LogP contribution in [0.25, 0.3) is 11.0 Å². The van der Waals surface area contributed by atoms with Gasteiger partial charge in [0.05, 0.1) is 11.0 Å². The third kappa shape index (κ3) is 1.88. The van der Waals surface area contributed by atoms with Crippen LogP contribution in [0.4, 0.5) is 0 Å². The first-order valence-electron chi connectivity index (χ1n) is 7.51. The average Bonchev–Trinajstić information content (AvgIpc) is 2.63. The maximum Gasteiger partial charge on any atom is 0.111 e. The smallest absolute Gasteiger partial charge is 0.111 e. The van der Waals surface area contributed by atoms with E-state index >= 15 is 0 Å². The van der Waals surface area contributed by atoms with Crippen molar-refractivity contribution in [2.45, 2.75) is 45.2 Å². The van der Waals surface area contributed by atoms with Crippen molar-refractivity contribution in [2.24, 2.45) is 0 Å². The van der Waals surface area contributed by atoms with Crippen LogP contribution in [-0.2, 0) is 13.0 Å². The van der Waals surface area contributed by atoms with E-state index in [0.717, 1.165) is 19.0 Å². The Labute approximate surface area is 114 Å². The number of aryl methyl sites for hydroxylation is 1. The molecule has 100 valence electrons. The van der Waals surface area contributed by atoms with Gasteiger partial charge in [-0.05, 0) is 44.0 Å². The fraction of sp³-hybridized carbons (Fsp3) is 0.562. The molecule has 0 radical (unpaired) electrons. The van der Waals surface area contributed by atoms with Crippen molar-refractivity contribution in [2.75, 3.05) is 13.1 Å². The van der Waals surface area contributed by atoms with Gasteiger partial charge in [0, 0.05) is 25.6 Å². The molecule has 1 fully saturated rings. The van der Waals surface area contributed by atoms with Crippen LogP contribution in [0.5, 0.6) is 0 Å². The first-order valence-corrected chi connectivity index (χ1v) is 7.51. The second-order valence-electron chi connectivity index (χ2n) is 6.06. The van der Waals surface area contributed by atoms with Crippen molar-refractivity contribution in [3.05, 3.63) is 29.6 Å².